The number of amides is 2. The second-order valence-corrected chi connectivity index (χ2v) is 8.29. The Balaban J connectivity index is 1.74. The number of fused-ring (bicyclic) bond motifs is 1. The van der Waals surface area contributed by atoms with Crippen molar-refractivity contribution >= 4 is 52.0 Å². The zero-order valence-electron chi connectivity index (χ0n) is 15.9. The van der Waals surface area contributed by atoms with Crippen LogP contribution in [-0.4, -0.2) is 69.6 Å². The number of carboxylic acid groups (broad SMARTS) is 1. The standard InChI is InChI=1S/C16H19N5O7S2/c1-6(22)28-3-7-4-29-14-10(13(24)21(14)11(7)15(25)26)19-12(23)9(20-27-2)8-5-30-16(17)18-8/h5,9-10,14,20H,3-4H2,1-2H3,(H2,17,18)(H,19,23)(H,25,26)/t9?,10?,14-/m1/s1. The van der Waals surface area contributed by atoms with E-state index in [2.05, 4.69) is 15.8 Å². The van der Waals surface area contributed by atoms with Crippen LogP contribution >= 0.6 is 23.1 Å². The second-order valence-electron chi connectivity index (χ2n) is 6.30. The van der Waals surface area contributed by atoms with Gasteiger partial charge >= 0.3 is 11.9 Å². The number of anilines is 1. The molecule has 2 aliphatic heterocycles. The highest BCUT2D eigenvalue weighted by Crippen LogP contribution is 2.40. The molecule has 2 unspecified atom stereocenters. The predicted octanol–water partition coefficient (Wildman–Crippen LogP) is -0.781. The number of carbonyl (C=O) groups is 4. The van der Waals surface area contributed by atoms with Gasteiger partial charge in [-0.3, -0.25) is 19.3 Å². The fourth-order valence-corrected chi connectivity index (χ4v) is 4.93. The topological polar surface area (TPSA) is 173 Å². The number of carboxylic acids is 1. The SMILES string of the molecule is CONC(C(=O)NC1C(=O)N2C(C(=O)O)=C(COC(C)=O)CS[C@H]12)c1csc(N)n1. The average Bonchev–Trinajstić information content (AvgIpc) is 3.13. The summed E-state index contributed by atoms with van der Waals surface area (Å²) < 4.78 is 4.89. The van der Waals surface area contributed by atoms with Crippen LogP contribution in [0.4, 0.5) is 5.13 Å². The molecule has 0 saturated carbocycles. The maximum Gasteiger partial charge on any atom is 0.352 e. The minimum atomic E-state index is -1.31. The average molecular weight is 457 g/mol. The van der Waals surface area contributed by atoms with E-state index in [4.69, 9.17) is 15.3 Å². The van der Waals surface area contributed by atoms with E-state index < -0.39 is 41.2 Å². The number of nitrogens with two attached hydrogens (primary N) is 1. The summed E-state index contributed by atoms with van der Waals surface area (Å²) in [7, 11) is 1.33. The molecule has 162 valence electrons. The number of nitrogens with zero attached hydrogens (tertiary/aromatic N) is 2. The van der Waals surface area contributed by atoms with Crippen LogP contribution in [0, 0.1) is 0 Å². The normalized spacial score (nSPS) is 21.5. The minimum absolute atomic E-state index is 0.220. The van der Waals surface area contributed by atoms with Gasteiger partial charge in [0.1, 0.15) is 23.7 Å². The highest BCUT2D eigenvalue weighted by Gasteiger charge is 2.54. The van der Waals surface area contributed by atoms with Crippen molar-refractivity contribution in [2.24, 2.45) is 0 Å². The summed E-state index contributed by atoms with van der Waals surface area (Å²) in [6, 6.07) is -1.93. The Morgan fingerprint density at radius 1 is 1.47 bits per heavy atom. The summed E-state index contributed by atoms with van der Waals surface area (Å²) in [5.41, 5.74) is 8.53. The molecule has 0 radical (unpaired) electrons. The number of aromatic nitrogens is 1. The van der Waals surface area contributed by atoms with Crippen molar-refractivity contribution < 1.29 is 33.9 Å². The smallest absolute Gasteiger partial charge is 0.352 e. The summed E-state index contributed by atoms with van der Waals surface area (Å²) in [4.78, 5) is 58.1. The number of β-lactam (4-membered cyclic amide) rings is 1. The Labute approximate surface area is 178 Å². The third-order valence-corrected chi connectivity index (χ3v) is 6.36. The third-order valence-electron chi connectivity index (χ3n) is 4.33. The molecule has 1 aromatic heterocycles. The number of ether oxygens (including phenoxy) is 1. The quantitative estimate of drug-likeness (QED) is 0.219. The Bertz CT molecular complexity index is 918. The van der Waals surface area contributed by atoms with Crippen LogP contribution in [0.1, 0.15) is 18.7 Å². The van der Waals surface area contributed by atoms with E-state index in [0.29, 0.717) is 11.3 Å². The zero-order valence-corrected chi connectivity index (χ0v) is 17.5. The Hall–Kier alpha value is -2.68. The number of carbonyl (C=O) groups excluding carboxylic acids is 3. The lowest BCUT2D eigenvalue weighted by Crippen LogP contribution is -2.71. The molecule has 0 aliphatic carbocycles. The van der Waals surface area contributed by atoms with Crippen molar-refractivity contribution in [2.75, 3.05) is 25.2 Å². The number of hydroxylamine groups is 1. The van der Waals surface area contributed by atoms with E-state index in [0.717, 1.165) is 16.2 Å². The molecular weight excluding hydrogens is 438 g/mol. The molecule has 2 amide bonds. The molecule has 1 aromatic rings. The molecule has 2 aliphatic rings. The molecule has 5 N–H and O–H groups in total. The van der Waals surface area contributed by atoms with Gasteiger partial charge in [-0.25, -0.2) is 9.78 Å². The first-order valence-electron chi connectivity index (χ1n) is 8.57. The number of hydrogen-bond acceptors (Lipinski definition) is 11. The van der Waals surface area contributed by atoms with Crippen LogP contribution in [0.3, 0.4) is 0 Å². The second kappa shape index (κ2) is 8.99. The van der Waals surface area contributed by atoms with Crippen molar-refractivity contribution in [1.29, 1.82) is 0 Å². The number of rotatable bonds is 8. The maximum absolute atomic E-state index is 12.7. The monoisotopic (exact) mass is 457 g/mol. The van der Waals surface area contributed by atoms with Gasteiger partial charge in [0.2, 0.25) is 5.91 Å². The summed E-state index contributed by atoms with van der Waals surface area (Å²) in [6.45, 7) is 0.989. The van der Waals surface area contributed by atoms with E-state index in [1.807, 2.05) is 0 Å². The summed E-state index contributed by atoms with van der Waals surface area (Å²) in [5.74, 6) is -2.78. The largest absolute Gasteiger partial charge is 0.477 e. The van der Waals surface area contributed by atoms with E-state index in [9.17, 15) is 24.3 Å². The molecule has 3 heterocycles. The van der Waals surface area contributed by atoms with Gasteiger partial charge in [-0.15, -0.1) is 23.1 Å². The van der Waals surface area contributed by atoms with Gasteiger partial charge in [0.25, 0.3) is 5.91 Å². The first kappa shape index (κ1) is 22.0. The van der Waals surface area contributed by atoms with E-state index in [1.165, 1.54) is 25.8 Å². The van der Waals surface area contributed by atoms with Gasteiger partial charge in [-0.05, 0) is 0 Å². The van der Waals surface area contributed by atoms with Crippen LogP contribution in [0.2, 0.25) is 0 Å². The molecule has 0 spiro atoms. The maximum atomic E-state index is 12.7. The molecule has 0 aromatic carbocycles. The fourth-order valence-electron chi connectivity index (χ4n) is 3.02. The van der Waals surface area contributed by atoms with Gasteiger partial charge < -0.3 is 25.7 Å². The number of thiazole rings is 1. The lowest BCUT2D eigenvalue weighted by Gasteiger charge is -2.49. The van der Waals surface area contributed by atoms with Crippen molar-refractivity contribution in [3.63, 3.8) is 0 Å². The molecule has 14 heteroatoms. The first-order chi connectivity index (χ1) is 14.2. The van der Waals surface area contributed by atoms with Crippen molar-refractivity contribution in [3.8, 4) is 0 Å². The lowest BCUT2D eigenvalue weighted by molar-refractivity contribution is -0.151. The molecule has 12 nitrogen and oxygen atoms in total. The van der Waals surface area contributed by atoms with Crippen molar-refractivity contribution in [1.82, 2.24) is 20.7 Å². The van der Waals surface area contributed by atoms with E-state index >= 15 is 0 Å². The predicted molar refractivity (Wildman–Crippen MR) is 106 cm³/mol. The lowest BCUT2D eigenvalue weighted by atomic mass is 10.0. The van der Waals surface area contributed by atoms with Crippen LogP contribution in [0.15, 0.2) is 16.7 Å². The van der Waals surface area contributed by atoms with Gasteiger partial charge in [-0.2, -0.15) is 5.48 Å². The van der Waals surface area contributed by atoms with Gasteiger partial charge in [0, 0.05) is 23.6 Å². The number of nitrogens with one attached hydrogen (secondary N) is 2. The summed E-state index contributed by atoms with van der Waals surface area (Å²) in [5, 5.41) is 13.4. The van der Waals surface area contributed by atoms with Gasteiger partial charge in [0.05, 0.1) is 12.8 Å². The first-order valence-corrected chi connectivity index (χ1v) is 10.5. The highest BCUT2D eigenvalue weighted by atomic mass is 32.2. The van der Waals surface area contributed by atoms with Gasteiger partial charge in [-0.1, -0.05) is 0 Å². The van der Waals surface area contributed by atoms with Crippen LogP contribution < -0.4 is 16.5 Å². The fraction of sp³-hybridized carbons (Fsp3) is 0.438. The molecular formula is C16H19N5O7S2. The molecule has 1 saturated heterocycles. The molecule has 1 fully saturated rings. The number of thioether (sulfide) groups is 1. The summed E-state index contributed by atoms with van der Waals surface area (Å²) in [6.07, 6.45) is 0. The number of aliphatic carboxylic acids is 1. The van der Waals surface area contributed by atoms with Crippen molar-refractivity contribution in [3.05, 3.63) is 22.3 Å². The van der Waals surface area contributed by atoms with Crippen LogP contribution in [0.25, 0.3) is 0 Å². The molecule has 30 heavy (non-hydrogen) atoms. The number of esters is 1. The minimum Gasteiger partial charge on any atom is -0.477 e. The number of hydrogen-bond donors (Lipinski definition) is 4. The molecule has 0 bridgehead atoms. The Morgan fingerprint density at radius 3 is 2.77 bits per heavy atom. The Kier molecular flexibility index (Phi) is 6.60. The highest BCUT2D eigenvalue weighted by molar-refractivity contribution is 8.00. The molecule has 3 rings (SSSR count). The van der Waals surface area contributed by atoms with Crippen LogP contribution in [-0.2, 0) is 28.8 Å². The number of nitrogen functional groups attached to an aromatic ring is 1. The van der Waals surface area contributed by atoms with E-state index in [1.54, 1.807) is 5.38 Å². The summed E-state index contributed by atoms with van der Waals surface area (Å²) >= 11 is 2.41. The van der Waals surface area contributed by atoms with E-state index in [-0.39, 0.29) is 23.2 Å². The third kappa shape index (κ3) is 4.26. The van der Waals surface area contributed by atoms with Crippen LogP contribution in [0.5, 0.6) is 0 Å². The van der Waals surface area contributed by atoms with Gasteiger partial charge in [0.15, 0.2) is 11.2 Å². The Morgan fingerprint density at radius 2 is 2.20 bits per heavy atom. The van der Waals surface area contributed by atoms with Crippen molar-refractivity contribution in [2.45, 2.75) is 24.4 Å². The zero-order chi connectivity index (χ0) is 22.0. The molecule has 3 atom stereocenters.